The van der Waals surface area contributed by atoms with Crippen molar-refractivity contribution in [2.24, 2.45) is 5.16 Å². The molecule has 154 valence electrons. The number of rotatable bonds is 5. The Morgan fingerprint density at radius 1 is 0.968 bits per heavy atom. The van der Waals surface area contributed by atoms with Gasteiger partial charge in [-0.2, -0.15) is 0 Å². The van der Waals surface area contributed by atoms with Crippen molar-refractivity contribution < 1.29 is 13.6 Å². The number of aromatic nitrogens is 1. The predicted molar refractivity (Wildman–Crippen MR) is 116 cm³/mol. The molecule has 0 aliphatic carbocycles. The molecule has 31 heavy (non-hydrogen) atoms. The Morgan fingerprint density at radius 3 is 2.61 bits per heavy atom. The zero-order chi connectivity index (χ0) is 21.2. The summed E-state index contributed by atoms with van der Waals surface area (Å²) in [6.07, 6.45) is 4.39. The number of furan rings is 1. The van der Waals surface area contributed by atoms with Crippen molar-refractivity contribution in [2.45, 2.75) is 12.8 Å². The Labute approximate surface area is 183 Å². The molecule has 2 aromatic carbocycles. The molecule has 0 amide bonds. The fraction of sp³-hybridized carbons (Fsp3) is 0.0833. The molecule has 3 heterocycles. The first-order valence-corrected chi connectivity index (χ1v) is 10.1. The average molecular weight is 434 g/mol. The number of hydrogen-bond acceptors (Lipinski definition) is 5. The van der Waals surface area contributed by atoms with Gasteiger partial charge in [0.1, 0.15) is 5.82 Å². The summed E-state index contributed by atoms with van der Waals surface area (Å²) in [4.78, 5) is 12.0. The van der Waals surface area contributed by atoms with Crippen LogP contribution in [0.3, 0.4) is 0 Å². The van der Waals surface area contributed by atoms with Gasteiger partial charge in [0.2, 0.25) is 12.1 Å². The summed E-state index contributed by atoms with van der Waals surface area (Å²) in [7, 11) is 0. The summed E-state index contributed by atoms with van der Waals surface area (Å²) in [6.45, 7) is 0.354. The molecule has 0 saturated heterocycles. The van der Waals surface area contributed by atoms with E-state index in [1.165, 1.54) is 6.07 Å². The van der Waals surface area contributed by atoms with Crippen LogP contribution in [-0.4, -0.2) is 15.7 Å². The molecule has 5 nitrogen and oxygen atoms in total. The molecule has 1 aliphatic rings. The van der Waals surface area contributed by atoms with E-state index in [1.807, 2.05) is 35.2 Å². The predicted octanol–water partition coefficient (Wildman–Crippen LogP) is 6.03. The molecule has 2 aromatic heterocycles. The van der Waals surface area contributed by atoms with Crippen LogP contribution in [0.1, 0.15) is 23.1 Å². The molecule has 0 fully saturated rings. The highest BCUT2D eigenvalue weighted by Crippen LogP contribution is 2.37. The van der Waals surface area contributed by atoms with Gasteiger partial charge in [0.15, 0.2) is 5.76 Å². The van der Waals surface area contributed by atoms with Gasteiger partial charge in [-0.1, -0.05) is 53.2 Å². The normalized spacial score (nSPS) is 15.6. The van der Waals surface area contributed by atoms with Gasteiger partial charge in [0.25, 0.3) is 0 Å². The number of pyridine rings is 1. The molecule has 4 aromatic rings. The Bertz CT molecular complexity index is 1240. The Kier molecular flexibility index (Phi) is 5.14. The first-order valence-electron chi connectivity index (χ1n) is 9.69. The third-order valence-corrected chi connectivity index (χ3v) is 5.46. The van der Waals surface area contributed by atoms with E-state index in [0.717, 1.165) is 16.7 Å². The van der Waals surface area contributed by atoms with E-state index in [0.29, 0.717) is 28.7 Å². The van der Waals surface area contributed by atoms with E-state index in [2.05, 4.69) is 10.1 Å². The smallest absolute Gasteiger partial charge is 0.229 e. The van der Waals surface area contributed by atoms with E-state index < -0.39 is 6.23 Å². The van der Waals surface area contributed by atoms with Crippen LogP contribution < -0.4 is 0 Å². The van der Waals surface area contributed by atoms with Crippen molar-refractivity contribution in [2.75, 3.05) is 0 Å². The van der Waals surface area contributed by atoms with Gasteiger partial charge in [0, 0.05) is 28.5 Å². The minimum atomic E-state index is -0.567. The van der Waals surface area contributed by atoms with Gasteiger partial charge in [-0.15, -0.1) is 0 Å². The second-order valence-electron chi connectivity index (χ2n) is 7.01. The zero-order valence-corrected chi connectivity index (χ0v) is 17.0. The molecule has 1 unspecified atom stereocenters. The van der Waals surface area contributed by atoms with E-state index in [4.69, 9.17) is 20.9 Å². The third kappa shape index (κ3) is 3.66. The Balaban J connectivity index is 1.57. The number of benzene rings is 2. The number of oxime groups is 1. The van der Waals surface area contributed by atoms with E-state index >= 15 is 0 Å². The maximum atomic E-state index is 14.5. The van der Waals surface area contributed by atoms with Crippen molar-refractivity contribution in [3.63, 3.8) is 0 Å². The number of halogens is 2. The van der Waals surface area contributed by atoms with Gasteiger partial charge in [-0.05, 0) is 41.5 Å². The van der Waals surface area contributed by atoms with Crippen LogP contribution in [0.25, 0.3) is 11.1 Å². The first kappa shape index (κ1) is 19.3. The van der Waals surface area contributed by atoms with Gasteiger partial charge >= 0.3 is 0 Å². The lowest BCUT2D eigenvalue weighted by Crippen LogP contribution is -2.31. The molecule has 7 heteroatoms. The average Bonchev–Trinajstić information content (AvgIpc) is 3.45. The van der Waals surface area contributed by atoms with Gasteiger partial charge in [0.05, 0.1) is 12.8 Å². The molecule has 0 N–H and O–H groups in total. The number of hydrogen-bond donors (Lipinski definition) is 0. The second kappa shape index (κ2) is 8.24. The largest absolute Gasteiger partial charge is 0.461 e. The molecular formula is C24H17ClFN3O2. The van der Waals surface area contributed by atoms with Gasteiger partial charge in [-0.3, -0.25) is 4.98 Å². The lowest BCUT2D eigenvalue weighted by Gasteiger charge is -2.26. The minimum Gasteiger partial charge on any atom is -0.461 e. The molecule has 0 spiro atoms. The second-order valence-corrected chi connectivity index (χ2v) is 7.42. The van der Waals surface area contributed by atoms with E-state index in [-0.39, 0.29) is 5.82 Å². The molecule has 5 rings (SSSR count). The topological polar surface area (TPSA) is 50.9 Å². The van der Waals surface area contributed by atoms with E-state index in [1.54, 1.807) is 49.0 Å². The fourth-order valence-corrected chi connectivity index (χ4v) is 3.88. The third-order valence-electron chi connectivity index (χ3n) is 5.12. The molecule has 0 bridgehead atoms. The van der Waals surface area contributed by atoms with Crippen LogP contribution >= 0.6 is 11.6 Å². The summed E-state index contributed by atoms with van der Waals surface area (Å²) in [5.41, 5.74) is 2.84. The molecule has 0 saturated carbocycles. The van der Waals surface area contributed by atoms with Crippen LogP contribution in [0.5, 0.6) is 0 Å². The van der Waals surface area contributed by atoms with Crippen molar-refractivity contribution >= 4 is 17.4 Å². The monoisotopic (exact) mass is 433 g/mol. The molecule has 1 atom stereocenters. The van der Waals surface area contributed by atoms with Crippen LogP contribution in [-0.2, 0) is 11.4 Å². The Morgan fingerprint density at radius 2 is 1.81 bits per heavy atom. The van der Waals surface area contributed by atoms with Crippen molar-refractivity contribution in [1.29, 1.82) is 0 Å². The van der Waals surface area contributed by atoms with Crippen molar-refractivity contribution in [3.8, 4) is 11.1 Å². The van der Waals surface area contributed by atoms with E-state index in [9.17, 15) is 4.39 Å². The molecular weight excluding hydrogens is 417 g/mol. The fourth-order valence-electron chi connectivity index (χ4n) is 3.65. The zero-order valence-electron chi connectivity index (χ0n) is 16.3. The maximum absolute atomic E-state index is 14.5. The summed E-state index contributed by atoms with van der Waals surface area (Å²) < 4.78 is 20.1. The number of amidine groups is 1. The first-order chi connectivity index (χ1) is 15.2. The standard InChI is InChI=1S/C24H17ClFN3O2/c25-20-8-3-1-7-19(20)24-29(23(28-31-24)22-10-5-13-30-22)15-16-14-27-12-11-17(16)18-6-2-4-9-21(18)26/h1-14,24H,15H2. The minimum absolute atomic E-state index is 0.296. The highest BCUT2D eigenvalue weighted by Gasteiger charge is 2.35. The summed E-state index contributed by atoms with van der Waals surface area (Å²) in [5, 5.41) is 4.83. The maximum Gasteiger partial charge on any atom is 0.229 e. The van der Waals surface area contributed by atoms with Crippen LogP contribution in [0.4, 0.5) is 4.39 Å². The summed E-state index contributed by atoms with van der Waals surface area (Å²) in [5.74, 6) is 0.791. The molecule has 1 aliphatic heterocycles. The number of nitrogens with zero attached hydrogens (tertiary/aromatic N) is 3. The highest BCUT2D eigenvalue weighted by atomic mass is 35.5. The molecule has 0 radical (unpaired) electrons. The van der Waals surface area contributed by atoms with Crippen LogP contribution in [0, 0.1) is 5.82 Å². The quantitative estimate of drug-likeness (QED) is 0.385. The van der Waals surface area contributed by atoms with Crippen molar-refractivity contribution in [3.05, 3.63) is 113 Å². The lowest BCUT2D eigenvalue weighted by atomic mass is 10.0. The van der Waals surface area contributed by atoms with Crippen molar-refractivity contribution in [1.82, 2.24) is 9.88 Å². The summed E-state index contributed by atoms with van der Waals surface area (Å²) >= 11 is 6.45. The Hall–Kier alpha value is -3.64. The highest BCUT2D eigenvalue weighted by molar-refractivity contribution is 6.31. The lowest BCUT2D eigenvalue weighted by molar-refractivity contribution is 0.00583. The van der Waals surface area contributed by atoms with Gasteiger partial charge in [-0.25, -0.2) is 4.39 Å². The SMILES string of the molecule is Fc1ccccc1-c1ccncc1CN1C(c2ccco2)=NOC1c1ccccc1Cl. The van der Waals surface area contributed by atoms with Crippen LogP contribution in [0.15, 0.2) is 95.0 Å². The van der Waals surface area contributed by atoms with Gasteiger partial charge < -0.3 is 14.2 Å². The van der Waals surface area contributed by atoms with Crippen LogP contribution in [0.2, 0.25) is 5.02 Å². The summed E-state index contributed by atoms with van der Waals surface area (Å²) in [6, 6.07) is 19.5.